The number of aliphatic hydroxyl groups excluding tert-OH is 1. The molecule has 4 nitrogen and oxygen atoms in total. The van der Waals surface area contributed by atoms with E-state index >= 15 is 0 Å². The van der Waals surface area contributed by atoms with Crippen LogP contribution in [0, 0.1) is 5.92 Å². The molecule has 1 aliphatic rings. The molecule has 0 saturated heterocycles. The lowest BCUT2D eigenvalue weighted by atomic mass is 9.97. The van der Waals surface area contributed by atoms with Crippen LogP contribution in [0.4, 0.5) is 0 Å². The molecular weight excluding hydrogens is 194 g/mol. The highest BCUT2D eigenvalue weighted by Crippen LogP contribution is 2.16. The lowest BCUT2D eigenvalue weighted by molar-refractivity contribution is -0.159. The zero-order valence-corrected chi connectivity index (χ0v) is 9.49. The molecule has 0 saturated carbocycles. The molecule has 0 aromatic heterocycles. The van der Waals surface area contributed by atoms with Gasteiger partial charge in [-0.15, -0.1) is 0 Å². The van der Waals surface area contributed by atoms with Gasteiger partial charge < -0.3 is 15.2 Å². The first kappa shape index (κ1) is 12.2. The second kappa shape index (κ2) is 4.77. The van der Waals surface area contributed by atoms with Gasteiger partial charge in [0.25, 0.3) is 0 Å². The maximum atomic E-state index is 11.8. The van der Waals surface area contributed by atoms with Crippen LogP contribution in [-0.4, -0.2) is 35.9 Å². The maximum absolute atomic E-state index is 11.8. The zero-order chi connectivity index (χ0) is 11.5. The first-order chi connectivity index (χ1) is 6.94. The Morgan fingerprint density at radius 1 is 1.60 bits per heavy atom. The van der Waals surface area contributed by atoms with Gasteiger partial charge in [-0.1, -0.05) is 12.2 Å². The number of ether oxygens (including phenoxy) is 1. The van der Waals surface area contributed by atoms with Crippen molar-refractivity contribution in [3.63, 3.8) is 0 Å². The van der Waals surface area contributed by atoms with E-state index in [1.54, 1.807) is 6.08 Å². The SMILES string of the molecule is CC(C)(C)OC(=O)C1C=CCN[C@@H]1CO. The van der Waals surface area contributed by atoms with Crippen LogP contribution in [0.3, 0.4) is 0 Å². The van der Waals surface area contributed by atoms with Gasteiger partial charge in [0.1, 0.15) is 5.60 Å². The summed E-state index contributed by atoms with van der Waals surface area (Å²) in [6, 6.07) is -0.232. The molecule has 0 spiro atoms. The van der Waals surface area contributed by atoms with Crippen LogP contribution in [-0.2, 0) is 9.53 Å². The molecule has 0 aromatic carbocycles. The number of hydrogen-bond donors (Lipinski definition) is 2. The summed E-state index contributed by atoms with van der Waals surface area (Å²) in [7, 11) is 0. The summed E-state index contributed by atoms with van der Waals surface area (Å²) in [5, 5.41) is 12.2. The quantitative estimate of drug-likeness (QED) is 0.517. The van der Waals surface area contributed by atoms with Crippen LogP contribution in [0.2, 0.25) is 0 Å². The summed E-state index contributed by atoms with van der Waals surface area (Å²) < 4.78 is 5.27. The van der Waals surface area contributed by atoms with E-state index in [4.69, 9.17) is 9.84 Å². The lowest BCUT2D eigenvalue weighted by Crippen LogP contribution is -2.46. The zero-order valence-electron chi connectivity index (χ0n) is 9.49. The molecule has 2 N–H and O–H groups in total. The normalized spacial score (nSPS) is 26.4. The number of aliphatic hydroxyl groups is 1. The Kier molecular flexibility index (Phi) is 3.88. The molecule has 0 aliphatic carbocycles. The van der Waals surface area contributed by atoms with Crippen molar-refractivity contribution >= 4 is 5.97 Å². The van der Waals surface area contributed by atoms with Crippen molar-refractivity contribution in [2.75, 3.05) is 13.2 Å². The Morgan fingerprint density at radius 2 is 2.27 bits per heavy atom. The number of carbonyl (C=O) groups is 1. The van der Waals surface area contributed by atoms with E-state index < -0.39 is 5.60 Å². The summed E-state index contributed by atoms with van der Waals surface area (Å²) in [4.78, 5) is 11.8. The lowest BCUT2D eigenvalue weighted by Gasteiger charge is -2.29. The predicted octanol–water partition coefficient (Wildman–Crippen LogP) is 0.465. The monoisotopic (exact) mass is 213 g/mol. The Bertz CT molecular complexity index is 255. The van der Waals surface area contributed by atoms with Crippen LogP contribution < -0.4 is 5.32 Å². The first-order valence-electron chi connectivity index (χ1n) is 5.18. The van der Waals surface area contributed by atoms with Crippen molar-refractivity contribution in [1.82, 2.24) is 5.32 Å². The number of nitrogens with one attached hydrogen (secondary N) is 1. The molecule has 15 heavy (non-hydrogen) atoms. The average Bonchev–Trinajstić information content (AvgIpc) is 2.15. The number of esters is 1. The van der Waals surface area contributed by atoms with Gasteiger partial charge in [-0.2, -0.15) is 0 Å². The molecule has 4 heteroatoms. The first-order valence-corrected chi connectivity index (χ1v) is 5.18. The third-order valence-corrected chi connectivity index (χ3v) is 2.15. The van der Waals surface area contributed by atoms with Crippen LogP contribution >= 0.6 is 0 Å². The van der Waals surface area contributed by atoms with Gasteiger partial charge in [-0.05, 0) is 20.8 Å². The molecule has 0 radical (unpaired) electrons. The molecule has 1 rings (SSSR count). The Morgan fingerprint density at radius 3 is 2.80 bits per heavy atom. The number of rotatable bonds is 2. The molecule has 1 aliphatic heterocycles. The summed E-state index contributed by atoms with van der Waals surface area (Å²) >= 11 is 0. The highest BCUT2D eigenvalue weighted by Gasteiger charge is 2.30. The van der Waals surface area contributed by atoms with Crippen LogP contribution in [0.5, 0.6) is 0 Å². The van der Waals surface area contributed by atoms with Crippen molar-refractivity contribution in [2.24, 2.45) is 5.92 Å². The standard InChI is InChI=1S/C11H19NO3/c1-11(2,3)15-10(14)8-5-4-6-12-9(8)7-13/h4-5,8-9,12-13H,6-7H2,1-3H3/t8?,9-/m1/s1. The number of hydrogen-bond acceptors (Lipinski definition) is 4. The number of carbonyl (C=O) groups excluding carboxylic acids is 1. The fraction of sp³-hybridized carbons (Fsp3) is 0.727. The molecule has 0 fully saturated rings. The third kappa shape index (κ3) is 3.64. The van der Waals surface area contributed by atoms with Gasteiger partial charge >= 0.3 is 5.97 Å². The van der Waals surface area contributed by atoms with E-state index in [1.165, 1.54) is 0 Å². The molecule has 0 aromatic rings. The summed E-state index contributed by atoms with van der Waals surface area (Å²) in [6.45, 7) is 6.12. The molecule has 86 valence electrons. The van der Waals surface area contributed by atoms with Gasteiger partial charge in [0.15, 0.2) is 0 Å². The van der Waals surface area contributed by atoms with E-state index in [2.05, 4.69) is 5.32 Å². The second-order valence-corrected chi connectivity index (χ2v) is 4.68. The minimum Gasteiger partial charge on any atom is -0.459 e. The van der Waals surface area contributed by atoms with Crippen LogP contribution in [0.25, 0.3) is 0 Å². The predicted molar refractivity (Wildman–Crippen MR) is 57.4 cm³/mol. The molecule has 2 atom stereocenters. The van der Waals surface area contributed by atoms with Gasteiger partial charge in [0.2, 0.25) is 0 Å². The fourth-order valence-electron chi connectivity index (χ4n) is 1.49. The third-order valence-electron chi connectivity index (χ3n) is 2.15. The maximum Gasteiger partial charge on any atom is 0.314 e. The van der Waals surface area contributed by atoms with E-state index in [9.17, 15) is 4.79 Å². The molecule has 0 amide bonds. The molecular formula is C11H19NO3. The summed E-state index contributed by atoms with van der Waals surface area (Å²) in [5.74, 6) is -0.673. The van der Waals surface area contributed by atoms with Crippen molar-refractivity contribution in [3.8, 4) is 0 Å². The van der Waals surface area contributed by atoms with Gasteiger partial charge in [-0.25, -0.2) is 0 Å². The summed E-state index contributed by atoms with van der Waals surface area (Å²) in [5.41, 5.74) is -0.484. The van der Waals surface area contributed by atoms with Crippen molar-refractivity contribution in [2.45, 2.75) is 32.4 Å². The molecule has 1 heterocycles. The molecule has 0 bridgehead atoms. The van der Waals surface area contributed by atoms with Crippen molar-refractivity contribution in [1.29, 1.82) is 0 Å². The largest absolute Gasteiger partial charge is 0.459 e. The second-order valence-electron chi connectivity index (χ2n) is 4.68. The van der Waals surface area contributed by atoms with Gasteiger partial charge in [0.05, 0.1) is 12.5 Å². The van der Waals surface area contributed by atoms with E-state index in [-0.39, 0.29) is 24.5 Å². The van der Waals surface area contributed by atoms with Crippen LogP contribution in [0.1, 0.15) is 20.8 Å². The Balaban J connectivity index is 2.64. The highest BCUT2D eigenvalue weighted by molar-refractivity contribution is 5.76. The highest BCUT2D eigenvalue weighted by atomic mass is 16.6. The Hall–Kier alpha value is -0.870. The van der Waals surface area contributed by atoms with Crippen molar-refractivity contribution in [3.05, 3.63) is 12.2 Å². The van der Waals surface area contributed by atoms with Gasteiger partial charge in [-0.3, -0.25) is 4.79 Å². The van der Waals surface area contributed by atoms with E-state index in [0.717, 1.165) is 0 Å². The fourth-order valence-corrected chi connectivity index (χ4v) is 1.49. The topological polar surface area (TPSA) is 58.6 Å². The minimum absolute atomic E-state index is 0.0613. The minimum atomic E-state index is -0.484. The Labute approximate surface area is 90.3 Å². The van der Waals surface area contributed by atoms with E-state index in [0.29, 0.717) is 6.54 Å². The smallest absolute Gasteiger partial charge is 0.314 e. The van der Waals surface area contributed by atoms with Crippen molar-refractivity contribution < 1.29 is 14.6 Å². The molecule has 1 unspecified atom stereocenters. The summed E-state index contributed by atoms with van der Waals surface area (Å²) in [6.07, 6.45) is 3.67. The van der Waals surface area contributed by atoms with Gasteiger partial charge in [0, 0.05) is 12.6 Å². The average molecular weight is 213 g/mol. The van der Waals surface area contributed by atoms with Crippen LogP contribution in [0.15, 0.2) is 12.2 Å². The van der Waals surface area contributed by atoms with E-state index in [1.807, 2.05) is 26.8 Å².